The second kappa shape index (κ2) is 9.19. The molecule has 1 aliphatic rings. The number of rotatable bonds is 9. The van der Waals surface area contributed by atoms with Gasteiger partial charge in [0.15, 0.2) is 5.82 Å². The summed E-state index contributed by atoms with van der Waals surface area (Å²) in [5.74, 6) is 1.06. The van der Waals surface area contributed by atoms with Crippen LogP contribution in [-0.2, 0) is 6.54 Å². The quantitative estimate of drug-likeness (QED) is 0.405. The van der Waals surface area contributed by atoms with Gasteiger partial charge in [-0.3, -0.25) is 15.0 Å². The Kier molecular flexibility index (Phi) is 6.43. The van der Waals surface area contributed by atoms with E-state index in [0.717, 1.165) is 19.6 Å². The minimum atomic E-state index is -0.410. The molecule has 0 aliphatic carbocycles. The molecule has 2 aromatic heterocycles. The van der Waals surface area contributed by atoms with Gasteiger partial charge in [0.1, 0.15) is 0 Å². The molecule has 0 radical (unpaired) electrons. The Labute approximate surface area is 152 Å². The molecule has 140 valence electrons. The molecule has 2 aromatic rings. The molecule has 1 saturated heterocycles. The van der Waals surface area contributed by atoms with Crippen LogP contribution in [0.3, 0.4) is 0 Å². The third kappa shape index (κ3) is 5.19. The number of nitrogens with zero attached hydrogens (tertiary/aromatic N) is 3. The Bertz CT molecular complexity index is 712. The van der Waals surface area contributed by atoms with Gasteiger partial charge in [0, 0.05) is 37.6 Å². The van der Waals surface area contributed by atoms with Gasteiger partial charge in [0.05, 0.1) is 11.5 Å². The molecule has 0 bridgehead atoms. The normalized spacial score (nSPS) is 14.9. The van der Waals surface area contributed by atoms with E-state index in [0.29, 0.717) is 31.3 Å². The molecule has 0 atom stereocenters. The number of likely N-dealkylation sites (tertiary alicyclic amines) is 1. The zero-order chi connectivity index (χ0) is 18.2. The average molecular weight is 359 g/mol. The predicted molar refractivity (Wildman–Crippen MR) is 99.4 cm³/mol. The van der Waals surface area contributed by atoms with Gasteiger partial charge in [-0.1, -0.05) is 6.42 Å². The van der Waals surface area contributed by atoms with Crippen molar-refractivity contribution in [2.24, 2.45) is 0 Å². The molecule has 8 nitrogen and oxygen atoms in total. The summed E-state index contributed by atoms with van der Waals surface area (Å²) in [6.07, 6.45) is 7.94. The summed E-state index contributed by atoms with van der Waals surface area (Å²) in [5, 5.41) is 13.9. The minimum Gasteiger partial charge on any atom is -0.478 e. The van der Waals surface area contributed by atoms with Crippen molar-refractivity contribution in [3.63, 3.8) is 0 Å². The SMILES string of the molecule is O=[N+]([O-])c1cc[nH]c1NCCCOc1cc(CN2CCCCC2)ccn1. The van der Waals surface area contributed by atoms with E-state index in [2.05, 4.69) is 20.2 Å². The molecule has 0 spiro atoms. The number of pyridine rings is 1. The first-order valence-corrected chi connectivity index (χ1v) is 9.08. The van der Waals surface area contributed by atoms with Gasteiger partial charge < -0.3 is 15.0 Å². The molecule has 3 rings (SSSR count). The van der Waals surface area contributed by atoms with E-state index in [9.17, 15) is 10.1 Å². The van der Waals surface area contributed by atoms with Crippen molar-refractivity contribution in [2.75, 3.05) is 31.6 Å². The van der Waals surface area contributed by atoms with Crippen LogP contribution in [0.1, 0.15) is 31.2 Å². The van der Waals surface area contributed by atoms with E-state index >= 15 is 0 Å². The molecule has 0 unspecified atom stereocenters. The molecule has 0 aromatic carbocycles. The fourth-order valence-corrected chi connectivity index (χ4v) is 3.12. The number of anilines is 1. The number of ether oxygens (including phenoxy) is 1. The summed E-state index contributed by atoms with van der Waals surface area (Å²) in [4.78, 5) is 20.0. The zero-order valence-corrected chi connectivity index (χ0v) is 14.8. The van der Waals surface area contributed by atoms with Crippen molar-refractivity contribution in [1.29, 1.82) is 0 Å². The summed E-state index contributed by atoms with van der Waals surface area (Å²) in [6, 6.07) is 5.47. The highest BCUT2D eigenvalue weighted by molar-refractivity contribution is 5.56. The van der Waals surface area contributed by atoms with E-state index in [1.54, 1.807) is 12.4 Å². The highest BCUT2D eigenvalue weighted by Crippen LogP contribution is 2.21. The Morgan fingerprint density at radius 1 is 1.31 bits per heavy atom. The number of nitro groups is 1. The van der Waals surface area contributed by atoms with Crippen LogP contribution in [-0.4, -0.2) is 46.0 Å². The van der Waals surface area contributed by atoms with Gasteiger partial charge in [0.2, 0.25) is 5.88 Å². The molecular weight excluding hydrogens is 334 g/mol. The lowest BCUT2D eigenvalue weighted by Crippen LogP contribution is -2.29. The number of H-pyrrole nitrogens is 1. The standard InChI is InChI=1S/C18H25N5O3/c24-23(25)16-6-9-21-18(16)20-7-4-12-26-17-13-15(5-8-19-17)14-22-10-2-1-3-11-22/h5-6,8-9,13,20-21H,1-4,7,10-12,14H2. The number of hydrogen-bond donors (Lipinski definition) is 2. The Morgan fingerprint density at radius 3 is 2.96 bits per heavy atom. The third-order valence-corrected chi connectivity index (χ3v) is 4.45. The lowest BCUT2D eigenvalue weighted by molar-refractivity contribution is -0.383. The molecule has 2 N–H and O–H groups in total. The number of nitrogens with one attached hydrogen (secondary N) is 2. The molecule has 1 fully saturated rings. The van der Waals surface area contributed by atoms with E-state index in [1.807, 2.05) is 12.1 Å². The second-order valence-corrected chi connectivity index (χ2v) is 6.46. The predicted octanol–water partition coefficient (Wildman–Crippen LogP) is 3.18. The molecule has 26 heavy (non-hydrogen) atoms. The van der Waals surface area contributed by atoms with Gasteiger partial charge >= 0.3 is 5.69 Å². The summed E-state index contributed by atoms with van der Waals surface area (Å²) in [5.41, 5.74) is 1.27. The monoisotopic (exact) mass is 359 g/mol. The summed E-state index contributed by atoms with van der Waals surface area (Å²) in [7, 11) is 0. The van der Waals surface area contributed by atoms with Gasteiger partial charge in [-0.25, -0.2) is 4.98 Å². The molecule has 0 saturated carbocycles. The smallest absolute Gasteiger partial charge is 0.310 e. The third-order valence-electron chi connectivity index (χ3n) is 4.45. The summed E-state index contributed by atoms with van der Waals surface area (Å²) >= 11 is 0. The van der Waals surface area contributed by atoms with E-state index in [1.165, 1.54) is 30.9 Å². The Balaban J connectivity index is 1.40. The van der Waals surface area contributed by atoms with Gasteiger partial charge in [-0.15, -0.1) is 0 Å². The van der Waals surface area contributed by atoms with Gasteiger partial charge in [0.25, 0.3) is 0 Å². The summed E-state index contributed by atoms with van der Waals surface area (Å²) in [6.45, 7) is 4.34. The van der Waals surface area contributed by atoms with E-state index in [-0.39, 0.29) is 5.69 Å². The maximum Gasteiger partial charge on any atom is 0.310 e. The Hall–Kier alpha value is -2.61. The van der Waals surface area contributed by atoms with Crippen molar-refractivity contribution >= 4 is 11.5 Å². The maximum absolute atomic E-state index is 10.8. The van der Waals surface area contributed by atoms with Gasteiger partial charge in [-0.05, 0) is 44.0 Å². The number of aromatic amines is 1. The lowest BCUT2D eigenvalue weighted by atomic mass is 10.1. The van der Waals surface area contributed by atoms with Crippen LogP contribution in [0.25, 0.3) is 0 Å². The van der Waals surface area contributed by atoms with Crippen LogP contribution in [0.2, 0.25) is 0 Å². The molecular formula is C18H25N5O3. The zero-order valence-electron chi connectivity index (χ0n) is 14.8. The van der Waals surface area contributed by atoms with E-state index < -0.39 is 4.92 Å². The lowest BCUT2D eigenvalue weighted by Gasteiger charge is -2.26. The van der Waals surface area contributed by atoms with Crippen LogP contribution in [0.15, 0.2) is 30.6 Å². The van der Waals surface area contributed by atoms with Crippen molar-refractivity contribution in [2.45, 2.75) is 32.2 Å². The molecule has 1 aliphatic heterocycles. The van der Waals surface area contributed by atoms with Crippen molar-refractivity contribution in [3.8, 4) is 5.88 Å². The van der Waals surface area contributed by atoms with Crippen molar-refractivity contribution < 1.29 is 9.66 Å². The first-order chi connectivity index (χ1) is 12.7. The first kappa shape index (κ1) is 18.2. The average Bonchev–Trinajstić information content (AvgIpc) is 3.11. The topological polar surface area (TPSA) is 96.3 Å². The summed E-state index contributed by atoms with van der Waals surface area (Å²) < 4.78 is 5.72. The maximum atomic E-state index is 10.8. The van der Waals surface area contributed by atoms with Crippen LogP contribution >= 0.6 is 0 Å². The van der Waals surface area contributed by atoms with E-state index in [4.69, 9.17) is 4.74 Å². The molecule has 8 heteroatoms. The highest BCUT2D eigenvalue weighted by atomic mass is 16.6. The number of aromatic nitrogens is 2. The van der Waals surface area contributed by atoms with Crippen LogP contribution in [0, 0.1) is 10.1 Å². The number of piperidine rings is 1. The minimum absolute atomic E-state index is 0.0537. The van der Waals surface area contributed by atoms with Crippen molar-refractivity contribution in [3.05, 3.63) is 46.3 Å². The van der Waals surface area contributed by atoms with Crippen LogP contribution in [0.5, 0.6) is 5.88 Å². The molecule has 0 amide bonds. The van der Waals surface area contributed by atoms with Gasteiger partial charge in [-0.2, -0.15) is 0 Å². The highest BCUT2D eigenvalue weighted by Gasteiger charge is 2.13. The van der Waals surface area contributed by atoms with Crippen LogP contribution in [0.4, 0.5) is 11.5 Å². The molecule has 3 heterocycles. The number of hydrogen-bond acceptors (Lipinski definition) is 6. The fourth-order valence-electron chi connectivity index (χ4n) is 3.12. The largest absolute Gasteiger partial charge is 0.478 e. The second-order valence-electron chi connectivity index (χ2n) is 6.46. The fraction of sp³-hybridized carbons (Fsp3) is 0.500. The van der Waals surface area contributed by atoms with Crippen LogP contribution < -0.4 is 10.1 Å². The Morgan fingerprint density at radius 2 is 2.15 bits per heavy atom. The first-order valence-electron chi connectivity index (χ1n) is 9.08. The van der Waals surface area contributed by atoms with Crippen molar-refractivity contribution in [1.82, 2.24) is 14.9 Å².